The molecule has 0 aromatic heterocycles. The van der Waals surface area contributed by atoms with Crippen LogP contribution in [-0.4, -0.2) is 19.0 Å². The van der Waals surface area contributed by atoms with Crippen molar-refractivity contribution in [2.75, 3.05) is 19.0 Å². The average Bonchev–Trinajstić information content (AvgIpc) is 2.27. The molecule has 0 spiro atoms. The van der Waals surface area contributed by atoms with Crippen molar-refractivity contribution >= 4 is 11.6 Å². The first-order valence-corrected chi connectivity index (χ1v) is 7.61. The van der Waals surface area contributed by atoms with Gasteiger partial charge in [0.2, 0.25) is 0 Å². The SMILES string of the molecule is CCCCCCCCCNCC(C)CCCl. The number of alkyl halides is 1. The summed E-state index contributed by atoms with van der Waals surface area (Å²) in [6.07, 6.45) is 10.9. The molecule has 1 atom stereocenters. The van der Waals surface area contributed by atoms with Crippen molar-refractivity contribution in [2.24, 2.45) is 5.92 Å². The molecular weight excluding hydrogens is 218 g/mol. The van der Waals surface area contributed by atoms with E-state index in [1.807, 2.05) is 0 Å². The summed E-state index contributed by atoms with van der Waals surface area (Å²) in [6.45, 7) is 6.84. The minimum atomic E-state index is 0.724. The van der Waals surface area contributed by atoms with E-state index in [-0.39, 0.29) is 0 Å². The van der Waals surface area contributed by atoms with Crippen LogP contribution in [0.25, 0.3) is 0 Å². The zero-order valence-corrected chi connectivity index (χ0v) is 12.0. The van der Waals surface area contributed by atoms with Gasteiger partial charge in [-0.3, -0.25) is 0 Å². The number of nitrogens with one attached hydrogen (secondary N) is 1. The van der Waals surface area contributed by atoms with E-state index in [0.29, 0.717) is 0 Å². The number of halogens is 1. The van der Waals surface area contributed by atoms with E-state index < -0.39 is 0 Å². The van der Waals surface area contributed by atoms with Crippen LogP contribution in [0.5, 0.6) is 0 Å². The first-order chi connectivity index (χ1) is 7.81. The first kappa shape index (κ1) is 16.2. The second-order valence-corrected chi connectivity index (χ2v) is 5.29. The van der Waals surface area contributed by atoms with Crippen LogP contribution in [0.4, 0.5) is 0 Å². The van der Waals surface area contributed by atoms with Gasteiger partial charge in [0.25, 0.3) is 0 Å². The highest BCUT2D eigenvalue weighted by Gasteiger charge is 1.99. The second-order valence-electron chi connectivity index (χ2n) is 4.91. The monoisotopic (exact) mass is 247 g/mol. The predicted molar refractivity (Wildman–Crippen MR) is 75.4 cm³/mol. The molecule has 1 nitrogen and oxygen atoms in total. The molecule has 0 aromatic rings. The molecule has 1 N–H and O–H groups in total. The fraction of sp³-hybridized carbons (Fsp3) is 1.00. The molecule has 98 valence electrons. The molecule has 0 aliphatic carbocycles. The summed E-state index contributed by atoms with van der Waals surface area (Å²) < 4.78 is 0. The van der Waals surface area contributed by atoms with E-state index in [4.69, 9.17) is 11.6 Å². The van der Waals surface area contributed by atoms with Gasteiger partial charge >= 0.3 is 0 Å². The van der Waals surface area contributed by atoms with Crippen LogP contribution in [0.2, 0.25) is 0 Å². The molecule has 16 heavy (non-hydrogen) atoms. The Morgan fingerprint density at radius 2 is 1.62 bits per heavy atom. The summed E-state index contributed by atoms with van der Waals surface area (Å²) in [5.41, 5.74) is 0. The first-order valence-electron chi connectivity index (χ1n) is 7.08. The minimum absolute atomic E-state index is 0.724. The topological polar surface area (TPSA) is 12.0 Å². The van der Waals surface area contributed by atoms with Gasteiger partial charge in [-0.05, 0) is 31.8 Å². The third-order valence-electron chi connectivity index (χ3n) is 3.05. The van der Waals surface area contributed by atoms with Gasteiger partial charge in [-0.1, -0.05) is 52.4 Å². The summed E-state index contributed by atoms with van der Waals surface area (Å²) in [5.74, 6) is 1.52. The summed E-state index contributed by atoms with van der Waals surface area (Å²) in [6, 6.07) is 0. The lowest BCUT2D eigenvalue weighted by Gasteiger charge is -2.10. The van der Waals surface area contributed by atoms with E-state index in [1.54, 1.807) is 0 Å². The van der Waals surface area contributed by atoms with Gasteiger partial charge in [0, 0.05) is 5.88 Å². The maximum Gasteiger partial charge on any atom is 0.0226 e. The zero-order valence-electron chi connectivity index (χ0n) is 11.2. The van der Waals surface area contributed by atoms with Crippen LogP contribution in [0.3, 0.4) is 0 Å². The van der Waals surface area contributed by atoms with Gasteiger partial charge in [-0.2, -0.15) is 0 Å². The van der Waals surface area contributed by atoms with Crippen molar-refractivity contribution < 1.29 is 0 Å². The van der Waals surface area contributed by atoms with E-state index >= 15 is 0 Å². The highest BCUT2D eigenvalue weighted by molar-refractivity contribution is 6.17. The summed E-state index contributed by atoms with van der Waals surface area (Å²) in [4.78, 5) is 0. The number of hydrogen-bond acceptors (Lipinski definition) is 1. The highest BCUT2D eigenvalue weighted by Crippen LogP contribution is 2.06. The quantitative estimate of drug-likeness (QED) is 0.393. The third-order valence-corrected chi connectivity index (χ3v) is 3.27. The lowest BCUT2D eigenvalue weighted by Crippen LogP contribution is -2.22. The smallest absolute Gasteiger partial charge is 0.0226 e. The van der Waals surface area contributed by atoms with E-state index in [1.165, 1.54) is 51.5 Å². The van der Waals surface area contributed by atoms with Crippen molar-refractivity contribution in [2.45, 2.75) is 65.2 Å². The Kier molecular flexibility index (Phi) is 13.5. The van der Waals surface area contributed by atoms with Crippen LogP contribution >= 0.6 is 11.6 Å². The number of hydrogen-bond donors (Lipinski definition) is 1. The van der Waals surface area contributed by atoms with Gasteiger partial charge in [0.15, 0.2) is 0 Å². The molecular formula is C14H30ClN. The fourth-order valence-electron chi connectivity index (χ4n) is 1.84. The molecule has 0 bridgehead atoms. The second kappa shape index (κ2) is 13.3. The Balaban J connectivity index is 2.98. The van der Waals surface area contributed by atoms with Crippen LogP contribution in [0.1, 0.15) is 65.2 Å². The van der Waals surface area contributed by atoms with Crippen LogP contribution in [-0.2, 0) is 0 Å². The Bertz CT molecular complexity index is 128. The molecule has 0 radical (unpaired) electrons. The average molecular weight is 248 g/mol. The molecule has 0 fully saturated rings. The van der Waals surface area contributed by atoms with Crippen molar-refractivity contribution in [3.8, 4) is 0 Å². The molecule has 0 aliphatic heterocycles. The van der Waals surface area contributed by atoms with Crippen molar-refractivity contribution in [3.05, 3.63) is 0 Å². The van der Waals surface area contributed by atoms with Crippen molar-refractivity contribution in [1.29, 1.82) is 0 Å². The molecule has 0 aliphatic rings. The zero-order chi connectivity index (χ0) is 12.1. The molecule has 0 saturated heterocycles. The molecule has 0 rings (SSSR count). The summed E-state index contributed by atoms with van der Waals surface area (Å²) >= 11 is 5.69. The number of rotatable bonds is 12. The minimum Gasteiger partial charge on any atom is -0.316 e. The van der Waals surface area contributed by atoms with Gasteiger partial charge < -0.3 is 5.32 Å². The fourth-order valence-corrected chi connectivity index (χ4v) is 2.22. The molecule has 0 heterocycles. The molecule has 0 saturated carbocycles. The van der Waals surface area contributed by atoms with Gasteiger partial charge in [-0.15, -0.1) is 11.6 Å². The molecule has 1 unspecified atom stereocenters. The van der Waals surface area contributed by atoms with E-state index in [0.717, 1.165) is 24.8 Å². The Labute approximate surface area is 107 Å². The maximum atomic E-state index is 5.69. The normalized spacial score (nSPS) is 12.9. The Morgan fingerprint density at radius 1 is 1.00 bits per heavy atom. The molecule has 2 heteroatoms. The van der Waals surface area contributed by atoms with Crippen molar-refractivity contribution in [1.82, 2.24) is 5.32 Å². The van der Waals surface area contributed by atoms with Gasteiger partial charge in [0.05, 0.1) is 0 Å². The molecule has 0 amide bonds. The van der Waals surface area contributed by atoms with Crippen LogP contribution < -0.4 is 5.32 Å². The van der Waals surface area contributed by atoms with Crippen LogP contribution in [0.15, 0.2) is 0 Å². The van der Waals surface area contributed by atoms with Gasteiger partial charge in [0.1, 0.15) is 0 Å². The predicted octanol–water partition coefficient (Wildman–Crippen LogP) is 4.59. The number of unbranched alkanes of at least 4 members (excludes halogenated alkanes) is 6. The third kappa shape index (κ3) is 12.3. The largest absolute Gasteiger partial charge is 0.316 e. The maximum absolute atomic E-state index is 5.69. The Morgan fingerprint density at radius 3 is 2.25 bits per heavy atom. The lowest BCUT2D eigenvalue weighted by atomic mass is 10.1. The van der Waals surface area contributed by atoms with E-state index in [9.17, 15) is 0 Å². The lowest BCUT2D eigenvalue weighted by molar-refractivity contribution is 0.487. The Hall–Kier alpha value is 0.250. The summed E-state index contributed by atoms with van der Waals surface area (Å²) in [5, 5.41) is 3.51. The summed E-state index contributed by atoms with van der Waals surface area (Å²) in [7, 11) is 0. The highest BCUT2D eigenvalue weighted by atomic mass is 35.5. The van der Waals surface area contributed by atoms with Gasteiger partial charge in [-0.25, -0.2) is 0 Å². The van der Waals surface area contributed by atoms with E-state index in [2.05, 4.69) is 19.2 Å². The van der Waals surface area contributed by atoms with Crippen LogP contribution in [0, 0.1) is 5.92 Å². The van der Waals surface area contributed by atoms with Crippen molar-refractivity contribution in [3.63, 3.8) is 0 Å². The molecule has 0 aromatic carbocycles. The standard InChI is InChI=1S/C14H30ClN/c1-3-4-5-6-7-8-9-12-16-13-14(2)10-11-15/h14,16H,3-13H2,1-2H3.